The van der Waals surface area contributed by atoms with Gasteiger partial charge >= 0.3 is 5.69 Å². The van der Waals surface area contributed by atoms with Crippen molar-refractivity contribution in [2.24, 2.45) is 13.0 Å². The number of imide groups is 1. The molecule has 14 heteroatoms. The third kappa shape index (κ3) is 6.61. The number of aromatic nitrogens is 5. The van der Waals surface area contributed by atoms with Crippen LogP contribution in [-0.2, 0) is 16.6 Å². The normalized spacial score (nSPS) is 23.9. The van der Waals surface area contributed by atoms with Gasteiger partial charge in [-0.05, 0) is 86.9 Å². The van der Waals surface area contributed by atoms with Crippen molar-refractivity contribution in [2.75, 3.05) is 25.0 Å². The molecule has 0 bridgehead atoms. The fourth-order valence-corrected chi connectivity index (χ4v) is 8.58. The van der Waals surface area contributed by atoms with Gasteiger partial charge in [-0.25, -0.2) is 9.18 Å². The van der Waals surface area contributed by atoms with Gasteiger partial charge in [0.2, 0.25) is 11.8 Å². The Hall–Kier alpha value is -5.68. The topological polar surface area (TPSA) is 160 Å². The van der Waals surface area contributed by atoms with Gasteiger partial charge in [0, 0.05) is 62.1 Å². The van der Waals surface area contributed by atoms with Crippen LogP contribution >= 0.6 is 0 Å². The number of hydrogen-bond donors (Lipinski definition) is 2. The second-order valence-corrected chi connectivity index (χ2v) is 14.6. The summed E-state index contributed by atoms with van der Waals surface area (Å²) >= 11 is 0. The van der Waals surface area contributed by atoms with Crippen molar-refractivity contribution in [3.63, 3.8) is 0 Å². The third-order valence-corrected chi connectivity index (χ3v) is 11.3. The summed E-state index contributed by atoms with van der Waals surface area (Å²) in [5.74, 6) is -1.08. The van der Waals surface area contributed by atoms with Gasteiger partial charge in [-0.1, -0.05) is 12.1 Å². The maximum absolute atomic E-state index is 16.1. The van der Waals surface area contributed by atoms with Crippen molar-refractivity contribution < 1.29 is 18.8 Å². The lowest BCUT2D eigenvalue weighted by Crippen LogP contribution is -2.44. The van der Waals surface area contributed by atoms with E-state index in [1.807, 2.05) is 47.3 Å². The van der Waals surface area contributed by atoms with Gasteiger partial charge in [0.05, 0.1) is 33.7 Å². The zero-order valence-electron chi connectivity index (χ0n) is 29.4. The van der Waals surface area contributed by atoms with Crippen LogP contribution in [0.5, 0.6) is 0 Å². The number of fused-ring (bicyclic) bond motifs is 2. The number of imidazole rings is 1. The molecule has 53 heavy (non-hydrogen) atoms. The molecule has 3 aromatic heterocycles. The van der Waals surface area contributed by atoms with E-state index >= 15 is 4.39 Å². The fourth-order valence-electron chi connectivity index (χ4n) is 8.58. The highest BCUT2D eigenvalue weighted by molar-refractivity contribution is 6.05. The third-order valence-electron chi connectivity index (χ3n) is 11.3. The Labute approximate surface area is 304 Å². The zero-order valence-corrected chi connectivity index (χ0v) is 29.4. The summed E-state index contributed by atoms with van der Waals surface area (Å²) in [4.78, 5) is 56.8. The molecular weight excluding hydrogens is 677 g/mol. The first kappa shape index (κ1) is 34.4. The summed E-state index contributed by atoms with van der Waals surface area (Å²) in [5, 5.41) is 20.1. The number of hydrogen-bond acceptors (Lipinski definition) is 8. The number of nitrogens with one attached hydrogen (secondary N) is 2. The molecule has 2 aromatic carbocycles. The van der Waals surface area contributed by atoms with Crippen molar-refractivity contribution in [3.05, 3.63) is 88.2 Å². The molecule has 272 valence electrons. The van der Waals surface area contributed by atoms with Gasteiger partial charge in [-0.2, -0.15) is 10.4 Å². The monoisotopic (exact) mass is 717 g/mol. The van der Waals surface area contributed by atoms with Crippen molar-refractivity contribution >= 4 is 45.3 Å². The molecule has 1 saturated carbocycles. The standard InChI is InChI=1S/C39H40FN9O4/c1-46-36-30(3-2-4-33(36)49(39(46)53)34-11-12-35(50)44-38(34)52)29-13-14-47(22-31(29)40)20-23-5-8-28(9-6-23)48-21-26-16-27(7-10-32(26)45-48)43-37(51)25-15-24(17-41)18-42-19-25/h2-4,7,10,15-16,18-19,21,23,28-29,31,34H,5-6,8-9,11-14,20,22H2,1H3,(H,43,51)(H,44,50,52)/t23?,28?,29-,31+,34?/m0/s1. The fraction of sp³-hybridized carbons (Fsp3) is 0.410. The molecule has 2 saturated heterocycles. The molecule has 3 atom stereocenters. The van der Waals surface area contributed by atoms with E-state index in [1.54, 1.807) is 13.1 Å². The number of pyridine rings is 1. The molecule has 5 aromatic rings. The van der Waals surface area contributed by atoms with Gasteiger partial charge < -0.3 is 10.2 Å². The number of para-hydroxylation sites is 1. The van der Waals surface area contributed by atoms with E-state index in [-0.39, 0.29) is 42.3 Å². The van der Waals surface area contributed by atoms with Crippen LogP contribution in [-0.4, -0.2) is 72.3 Å². The number of halogens is 1. The first-order valence-corrected chi connectivity index (χ1v) is 18.2. The number of amides is 3. The van der Waals surface area contributed by atoms with Crippen molar-refractivity contribution in [1.29, 1.82) is 5.26 Å². The SMILES string of the molecule is Cn1c(=O)n(C2CCC(=O)NC2=O)c2cccc([C@@H]3CCN(CC4CCC(n5cc6cc(NC(=O)c7cncc(C#N)c7)ccc6n5)CC4)C[C@H]3F)c21. The molecule has 3 aliphatic rings. The number of nitrogens with zero attached hydrogens (tertiary/aromatic N) is 7. The van der Waals surface area contributed by atoms with Crippen LogP contribution in [0.25, 0.3) is 21.9 Å². The summed E-state index contributed by atoms with van der Waals surface area (Å²) in [7, 11) is 1.66. The number of anilines is 1. The maximum Gasteiger partial charge on any atom is 0.329 e. The average molecular weight is 718 g/mol. The number of benzene rings is 2. The number of rotatable bonds is 7. The van der Waals surface area contributed by atoms with E-state index in [0.29, 0.717) is 46.7 Å². The molecular formula is C39H40FN9O4. The number of carbonyl (C=O) groups excluding carboxylic acids is 3. The summed E-state index contributed by atoms with van der Waals surface area (Å²) < 4.78 is 21.1. The van der Waals surface area contributed by atoms with Gasteiger partial charge in [0.25, 0.3) is 5.91 Å². The molecule has 0 radical (unpaired) electrons. The van der Waals surface area contributed by atoms with E-state index in [2.05, 4.69) is 20.5 Å². The molecule has 8 rings (SSSR count). The molecule has 5 heterocycles. The average Bonchev–Trinajstić information content (AvgIpc) is 3.70. The van der Waals surface area contributed by atoms with Crippen LogP contribution in [0.2, 0.25) is 0 Å². The highest BCUT2D eigenvalue weighted by Crippen LogP contribution is 2.38. The quantitative estimate of drug-likeness (QED) is 0.228. The lowest BCUT2D eigenvalue weighted by molar-refractivity contribution is -0.135. The molecule has 3 amide bonds. The Bertz CT molecular complexity index is 2350. The van der Waals surface area contributed by atoms with E-state index in [1.165, 1.54) is 27.6 Å². The van der Waals surface area contributed by atoms with Crippen LogP contribution in [0.3, 0.4) is 0 Å². The number of nitriles is 1. The minimum absolute atomic E-state index is 0.163. The Morgan fingerprint density at radius 3 is 2.66 bits per heavy atom. The van der Waals surface area contributed by atoms with E-state index in [9.17, 15) is 19.2 Å². The number of alkyl halides is 1. The summed E-state index contributed by atoms with van der Waals surface area (Å²) in [6.45, 7) is 1.92. The lowest BCUT2D eigenvalue weighted by Gasteiger charge is -2.38. The van der Waals surface area contributed by atoms with Crippen molar-refractivity contribution in [3.8, 4) is 6.07 Å². The Balaban J connectivity index is 0.878. The molecule has 2 N–H and O–H groups in total. The number of carbonyl (C=O) groups is 3. The Morgan fingerprint density at radius 2 is 1.89 bits per heavy atom. The maximum atomic E-state index is 16.1. The zero-order chi connectivity index (χ0) is 36.8. The second kappa shape index (κ2) is 14.0. The van der Waals surface area contributed by atoms with Gasteiger partial charge in [-0.3, -0.25) is 38.5 Å². The first-order chi connectivity index (χ1) is 25.7. The molecule has 2 aliphatic heterocycles. The minimum atomic E-state index is -1.11. The van der Waals surface area contributed by atoms with E-state index < -0.39 is 18.1 Å². The van der Waals surface area contributed by atoms with E-state index in [4.69, 9.17) is 10.4 Å². The molecule has 0 spiro atoms. The summed E-state index contributed by atoms with van der Waals surface area (Å²) in [5.41, 5.74) is 3.78. The Kier molecular flexibility index (Phi) is 9.11. The van der Waals surface area contributed by atoms with Gasteiger partial charge in [-0.15, -0.1) is 0 Å². The summed E-state index contributed by atoms with van der Waals surface area (Å²) in [6.07, 6.45) is 8.79. The van der Waals surface area contributed by atoms with Gasteiger partial charge in [0.15, 0.2) is 0 Å². The highest BCUT2D eigenvalue weighted by atomic mass is 19.1. The van der Waals surface area contributed by atoms with Crippen LogP contribution in [0.4, 0.5) is 10.1 Å². The second-order valence-electron chi connectivity index (χ2n) is 14.6. The van der Waals surface area contributed by atoms with E-state index in [0.717, 1.165) is 55.2 Å². The first-order valence-electron chi connectivity index (χ1n) is 18.2. The molecule has 1 aliphatic carbocycles. The van der Waals surface area contributed by atoms with Gasteiger partial charge in [0.1, 0.15) is 18.3 Å². The molecule has 3 fully saturated rings. The lowest BCUT2D eigenvalue weighted by atomic mass is 9.83. The van der Waals surface area contributed by atoms with Crippen LogP contribution in [0.1, 0.15) is 84.4 Å². The number of aryl methyl sites for hydroxylation is 1. The highest BCUT2D eigenvalue weighted by Gasteiger charge is 2.36. The number of piperidine rings is 2. The van der Waals surface area contributed by atoms with Crippen molar-refractivity contribution in [2.45, 2.75) is 69.1 Å². The predicted molar refractivity (Wildman–Crippen MR) is 195 cm³/mol. The Morgan fingerprint density at radius 1 is 1.06 bits per heavy atom. The minimum Gasteiger partial charge on any atom is -0.322 e. The smallest absolute Gasteiger partial charge is 0.322 e. The van der Waals surface area contributed by atoms with Crippen LogP contribution in [0.15, 0.2) is 65.8 Å². The van der Waals surface area contributed by atoms with Crippen LogP contribution in [0, 0.1) is 17.2 Å². The molecule has 13 nitrogen and oxygen atoms in total. The predicted octanol–water partition coefficient (Wildman–Crippen LogP) is 4.75. The summed E-state index contributed by atoms with van der Waals surface area (Å²) in [6, 6.07) is 14.1. The largest absolute Gasteiger partial charge is 0.329 e. The number of likely N-dealkylation sites (tertiary alicyclic amines) is 1. The van der Waals surface area contributed by atoms with Crippen LogP contribution < -0.4 is 16.3 Å². The van der Waals surface area contributed by atoms with Crippen molar-refractivity contribution in [1.82, 2.24) is 34.1 Å². The molecule has 1 unspecified atom stereocenters.